The first-order valence-corrected chi connectivity index (χ1v) is 14.8. The van der Waals surface area contributed by atoms with E-state index in [1.54, 1.807) is 0 Å². The first-order chi connectivity index (χ1) is 23.0. The van der Waals surface area contributed by atoms with Gasteiger partial charge in [0, 0.05) is 40.7 Å². The van der Waals surface area contributed by atoms with Crippen molar-refractivity contribution in [2.75, 3.05) is 19.8 Å². The maximum atomic E-state index is 13.0. The predicted octanol–water partition coefficient (Wildman–Crippen LogP) is -0.572. The smallest absolute Gasteiger partial charge is 0.331 e. The summed E-state index contributed by atoms with van der Waals surface area (Å²) in [6, 6.07) is 5.73. The molecule has 0 amide bonds. The van der Waals surface area contributed by atoms with Crippen LogP contribution in [0.2, 0.25) is 0 Å². The van der Waals surface area contributed by atoms with Crippen LogP contribution in [0.3, 0.4) is 0 Å². The highest BCUT2D eigenvalue weighted by Gasteiger charge is 2.63. The van der Waals surface area contributed by atoms with Crippen LogP contribution in [0.4, 0.5) is 0 Å². The lowest BCUT2D eigenvalue weighted by molar-refractivity contribution is -0.384. The van der Waals surface area contributed by atoms with Gasteiger partial charge in [0.05, 0.1) is 6.61 Å². The monoisotopic (exact) mass is 698 g/mol. The first-order valence-electron chi connectivity index (χ1n) is 14.8. The molecule has 270 valence electrons. The number of aromatic hydroxyl groups is 1. The van der Waals surface area contributed by atoms with E-state index in [-0.39, 0.29) is 5.75 Å². The van der Waals surface area contributed by atoms with E-state index in [2.05, 4.69) is 0 Å². The minimum Gasteiger partial charge on any atom is -0.508 e. The lowest BCUT2D eigenvalue weighted by Crippen LogP contribution is -2.65. The number of carbonyl (C=O) groups is 6. The fourth-order valence-electron chi connectivity index (χ4n) is 4.99. The van der Waals surface area contributed by atoms with Crippen LogP contribution in [0.25, 0.3) is 6.08 Å². The van der Waals surface area contributed by atoms with Crippen molar-refractivity contribution in [1.82, 2.24) is 0 Å². The minimum absolute atomic E-state index is 0.0180. The van der Waals surface area contributed by atoms with Crippen LogP contribution < -0.4 is 0 Å². The molecular weight excluding hydrogens is 660 g/mol. The van der Waals surface area contributed by atoms with Crippen molar-refractivity contribution in [1.29, 1.82) is 0 Å². The van der Waals surface area contributed by atoms with E-state index >= 15 is 0 Å². The minimum atomic E-state index is -2.51. The Kier molecular flexibility index (Phi) is 13.6. The van der Waals surface area contributed by atoms with Crippen LogP contribution in [0, 0.1) is 0 Å². The van der Waals surface area contributed by atoms with Crippen LogP contribution in [-0.4, -0.2) is 126 Å². The molecule has 0 bridgehead atoms. The molecule has 0 spiro atoms. The van der Waals surface area contributed by atoms with Gasteiger partial charge in [-0.2, -0.15) is 0 Å². The summed E-state index contributed by atoms with van der Waals surface area (Å²) in [5.41, 5.74) is 0.478. The van der Waals surface area contributed by atoms with Gasteiger partial charge in [-0.1, -0.05) is 12.1 Å². The Morgan fingerprint density at radius 2 is 1.35 bits per heavy atom. The molecule has 2 heterocycles. The number of carbonyl (C=O) groups excluding carboxylic acids is 6. The molecule has 2 aliphatic heterocycles. The van der Waals surface area contributed by atoms with Crippen molar-refractivity contribution in [3.63, 3.8) is 0 Å². The Labute approximate surface area is 279 Å². The SMILES string of the molecule is CC(=O)OC[C@H]1O[C@H](O[C@]2(COC(C)=O)O[C@H](CO)[C@@H](O)[C@@H]2OC(=O)C=Cc2ccc(O)cc2)[C@H](OC(C)=O)[C@@H](OC(C)=O)[C@@H]1OC(C)=O. The van der Waals surface area contributed by atoms with Gasteiger partial charge in [0.25, 0.3) is 0 Å². The average Bonchev–Trinajstić information content (AvgIpc) is 3.27. The molecule has 1 aromatic rings. The van der Waals surface area contributed by atoms with Crippen molar-refractivity contribution in [3.8, 4) is 5.75 Å². The first kappa shape index (κ1) is 38.8. The Morgan fingerprint density at radius 1 is 0.776 bits per heavy atom. The molecule has 0 saturated carbocycles. The average molecular weight is 699 g/mol. The van der Waals surface area contributed by atoms with E-state index in [1.807, 2.05) is 0 Å². The summed E-state index contributed by atoms with van der Waals surface area (Å²) in [4.78, 5) is 73.3. The normalized spacial score (nSPS) is 29.4. The lowest BCUT2D eigenvalue weighted by Gasteiger charge is -2.46. The van der Waals surface area contributed by atoms with E-state index in [4.69, 9.17) is 42.6 Å². The Balaban J connectivity index is 2.10. The number of esters is 6. The number of hydrogen-bond acceptors (Lipinski definition) is 18. The largest absolute Gasteiger partial charge is 0.508 e. The van der Waals surface area contributed by atoms with Gasteiger partial charge in [0.15, 0.2) is 24.4 Å². The summed E-state index contributed by atoms with van der Waals surface area (Å²) in [6.07, 6.45) is -11.3. The van der Waals surface area contributed by atoms with Crippen LogP contribution in [0.15, 0.2) is 30.3 Å². The number of phenols is 1. The van der Waals surface area contributed by atoms with Gasteiger partial charge >= 0.3 is 35.8 Å². The van der Waals surface area contributed by atoms with Crippen molar-refractivity contribution in [2.24, 2.45) is 0 Å². The summed E-state index contributed by atoms with van der Waals surface area (Å²) in [6.45, 7) is 2.75. The Bertz CT molecular complexity index is 1390. The summed E-state index contributed by atoms with van der Waals surface area (Å²) >= 11 is 0. The molecule has 0 aromatic heterocycles. The molecule has 49 heavy (non-hydrogen) atoms. The van der Waals surface area contributed by atoms with E-state index < -0.39 is 110 Å². The summed E-state index contributed by atoms with van der Waals surface area (Å²) in [5.74, 6) is -8.03. The molecule has 0 aliphatic carbocycles. The van der Waals surface area contributed by atoms with Crippen molar-refractivity contribution < 1.29 is 86.7 Å². The molecular formula is C31H38O18. The molecule has 3 rings (SSSR count). The van der Waals surface area contributed by atoms with E-state index in [0.29, 0.717) is 5.56 Å². The zero-order valence-electron chi connectivity index (χ0n) is 27.2. The van der Waals surface area contributed by atoms with Crippen molar-refractivity contribution in [3.05, 3.63) is 35.9 Å². The second-order valence-electron chi connectivity index (χ2n) is 10.9. The van der Waals surface area contributed by atoms with E-state index in [9.17, 15) is 44.1 Å². The molecule has 18 heteroatoms. The fourth-order valence-corrected chi connectivity index (χ4v) is 4.99. The number of benzene rings is 1. The molecule has 18 nitrogen and oxygen atoms in total. The van der Waals surface area contributed by atoms with Crippen LogP contribution in [0.5, 0.6) is 5.75 Å². The summed E-state index contributed by atoms with van der Waals surface area (Å²) < 4.78 is 49.8. The third kappa shape index (κ3) is 10.7. The zero-order valence-corrected chi connectivity index (χ0v) is 27.2. The molecule has 2 aliphatic rings. The number of phenolic OH excluding ortho intramolecular Hbond substituents is 1. The van der Waals surface area contributed by atoms with Gasteiger partial charge in [-0.15, -0.1) is 0 Å². The molecule has 1 aromatic carbocycles. The second kappa shape index (κ2) is 17.2. The molecule has 3 N–H and O–H groups in total. The highest BCUT2D eigenvalue weighted by Crippen LogP contribution is 2.40. The van der Waals surface area contributed by atoms with Gasteiger partial charge in [-0.3, -0.25) is 24.0 Å². The van der Waals surface area contributed by atoms with Gasteiger partial charge < -0.3 is 58.0 Å². The Morgan fingerprint density at radius 3 is 1.90 bits per heavy atom. The van der Waals surface area contributed by atoms with Gasteiger partial charge in [0.1, 0.15) is 37.3 Å². The third-order valence-electron chi connectivity index (χ3n) is 6.94. The second-order valence-corrected chi connectivity index (χ2v) is 10.9. The van der Waals surface area contributed by atoms with Crippen molar-refractivity contribution >= 4 is 41.9 Å². The van der Waals surface area contributed by atoms with E-state index in [1.165, 1.54) is 30.3 Å². The topological polar surface area (TPSA) is 246 Å². The quantitative estimate of drug-likeness (QED) is 0.133. The van der Waals surface area contributed by atoms with Crippen molar-refractivity contribution in [2.45, 2.75) is 89.4 Å². The number of rotatable bonds is 13. The highest BCUT2D eigenvalue weighted by atomic mass is 16.8. The summed E-state index contributed by atoms with van der Waals surface area (Å²) in [5, 5.41) is 30.6. The predicted molar refractivity (Wildman–Crippen MR) is 157 cm³/mol. The van der Waals surface area contributed by atoms with E-state index in [0.717, 1.165) is 40.7 Å². The van der Waals surface area contributed by atoms with Crippen LogP contribution in [0.1, 0.15) is 40.2 Å². The lowest BCUT2D eigenvalue weighted by atomic mass is 9.97. The van der Waals surface area contributed by atoms with Gasteiger partial charge in [-0.25, -0.2) is 4.79 Å². The molecule has 0 radical (unpaired) electrons. The summed E-state index contributed by atoms with van der Waals surface area (Å²) in [7, 11) is 0. The Hall–Kier alpha value is -4.62. The third-order valence-corrected chi connectivity index (χ3v) is 6.94. The van der Waals surface area contributed by atoms with Crippen LogP contribution >= 0.6 is 0 Å². The molecule has 2 saturated heterocycles. The van der Waals surface area contributed by atoms with Gasteiger partial charge in [0.2, 0.25) is 12.1 Å². The number of ether oxygens (including phenoxy) is 9. The zero-order chi connectivity index (χ0) is 36.5. The van der Waals surface area contributed by atoms with Gasteiger partial charge in [-0.05, 0) is 23.8 Å². The maximum Gasteiger partial charge on any atom is 0.331 e. The number of hydrogen-bond donors (Lipinski definition) is 3. The molecule has 0 unspecified atom stereocenters. The maximum absolute atomic E-state index is 13.0. The number of aliphatic hydroxyl groups excluding tert-OH is 2. The molecule has 2 fully saturated rings. The number of aliphatic hydroxyl groups is 2. The van der Waals surface area contributed by atoms with Crippen LogP contribution in [-0.2, 0) is 71.4 Å². The highest BCUT2D eigenvalue weighted by molar-refractivity contribution is 5.87. The fraction of sp³-hybridized carbons (Fsp3) is 0.548. The molecule has 9 atom stereocenters. The standard InChI is InChI=1S/C31H38O18/c1-15(33)41-13-23-26(43-17(3)35)27(44-18(4)36)28(45-19(5)37)30(46-23)49-31(14-42-16(2)34)29(25(40)22(12-32)48-31)47-24(39)11-8-20-6-9-21(38)10-7-20/h6-11,22-23,25-30,32,38,40H,12-14H2,1-5H3/t22-,23-,25-,26-,27+,28-,29+,30-,31+/m1/s1.